The molecule has 0 bridgehead atoms. The minimum absolute atomic E-state index is 0.223. The number of rotatable bonds is 6. The molecule has 0 aliphatic heterocycles. The van der Waals surface area contributed by atoms with Gasteiger partial charge in [-0.25, -0.2) is 0 Å². The molecule has 0 aromatic heterocycles. The third-order valence-corrected chi connectivity index (χ3v) is 4.27. The van der Waals surface area contributed by atoms with Crippen LogP contribution in [0.4, 0.5) is 5.69 Å². The van der Waals surface area contributed by atoms with Gasteiger partial charge in [0.25, 0.3) is 0 Å². The van der Waals surface area contributed by atoms with Crippen LogP contribution in [0.15, 0.2) is 48.5 Å². The number of anilines is 1. The van der Waals surface area contributed by atoms with Gasteiger partial charge in [-0.2, -0.15) is 0 Å². The van der Waals surface area contributed by atoms with E-state index in [1.807, 2.05) is 12.1 Å². The Morgan fingerprint density at radius 1 is 1.09 bits per heavy atom. The van der Waals surface area contributed by atoms with Crippen molar-refractivity contribution in [3.05, 3.63) is 62.7 Å². The molecule has 2 rings (SSSR count). The minimum atomic E-state index is -0.998. The number of halogens is 2. The SMILES string of the molecule is O=C(O)CC(Cc1ccc(Cl)cc1)C(=O)Nc1ccc(I)cc1. The Labute approximate surface area is 153 Å². The summed E-state index contributed by atoms with van der Waals surface area (Å²) in [6.45, 7) is 0. The molecule has 2 aromatic carbocycles. The van der Waals surface area contributed by atoms with Gasteiger partial charge in [-0.05, 0) is 71.0 Å². The first-order chi connectivity index (χ1) is 10.9. The first-order valence-electron chi connectivity index (χ1n) is 6.96. The summed E-state index contributed by atoms with van der Waals surface area (Å²) < 4.78 is 1.06. The number of nitrogens with one attached hydrogen (secondary N) is 1. The smallest absolute Gasteiger partial charge is 0.304 e. The minimum Gasteiger partial charge on any atom is -0.481 e. The van der Waals surface area contributed by atoms with E-state index in [-0.39, 0.29) is 12.3 Å². The molecule has 0 radical (unpaired) electrons. The first-order valence-corrected chi connectivity index (χ1v) is 8.42. The molecule has 6 heteroatoms. The Hall–Kier alpha value is -1.60. The largest absolute Gasteiger partial charge is 0.481 e. The molecule has 0 saturated carbocycles. The number of hydrogen-bond acceptors (Lipinski definition) is 2. The van der Waals surface area contributed by atoms with Gasteiger partial charge >= 0.3 is 5.97 Å². The van der Waals surface area contributed by atoms with Crippen molar-refractivity contribution in [3.63, 3.8) is 0 Å². The van der Waals surface area contributed by atoms with Crippen molar-refractivity contribution in [2.24, 2.45) is 5.92 Å². The highest BCUT2D eigenvalue weighted by Crippen LogP contribution is 2.18. The predicted molar refractivity (Wildman–Crippen MR) is 98.7 cm³/mol. The van der Waals surface area contributed by atoms with E-state index in [2.05, 4.69) is 27.9 Å². The summed E-state index contributed by atoms with van der Waals surface area (Å²) in [5.74, 6) is -1.95. The van der Waals surface area contributed by atoms with Crippen molar-refractivity contribution < 1.29 is 14.7 Å². The summed E-state index contributed by atoms with van der Waals surface area (Å²) in [5.41, 5.74) is 1.53. The highest BCUT2D eigenvalue weighted by molar-refractivity contribution is 14.1. The molecular formula is C17H15ClINO3. The van der Waals surface area contributed by atoms with Gasteiger partial charge in [0.1, 0.15) is 0 Å². The molecule has 1 unspecified atom stereocenters. The number of carbonyl (C=O) groups is 2. The number of benzene rings is 2. The maximum atomic E-state index is 12.4. The Balaban J connectivity index is 2.09. The van der Waals surface area contributed by atoms with Crippen molar-refractivity contribution in [3.8, 4) is 0 Å². The van der Waals surface area contributed by atoms with Crippen molar-refractivity contribution in [2.45, 2.75) is 12.8 Å². The molecule has 0 saturated heterocycles. The van der Waals surface area contributed by atoms with Crippen LogP contribution in [0.2, 0.25) is 5.02 Å². The van der Waals surface area contributed by atoms with Gasteiger partial charge in [-0.15, -0.1) is 0 Å². The predicted octanol–water partition coefficient (Wildman–Crippen LogP) is 4.22. The lowest BCUT2D eigenvalue weighted by Gasteiger charge is -2.15. The topological polar surface area (TPSA) is 66.4 Å². The van der Waals surface area contributed by atoms with Gasteiger partial charge in [0.15, 0.2) is 0 Å². The van der Waals surface area contributed by atoms with Crippen LogP contribution in [-0.4, -0.2) is 17.0 Å². The number of carbonyl (C=O) groups excluding carboxylic acids is 1. The van der Waals surface area contributed by atoms with Crippen LogP contribution < -0.4 is 5.32 Å². The second-order valence-electron chi connectivity index (χ2n) is 5.12. The molecule has 23 heavy (non-hydrogen) atoms. The molecule has 0 fully saturated rings. The zero-order chi connectivity index (χ0) is 16.8. The molecule has 4 nitrogen and oxygen atoms in total. The second kappa shape index (κ2) is 8.31. The average molecular weight is 444 g/mol. The summed E-state index contributed by atoms with van der Waals surface area (Å²) in [4.78, 5) is 23.5. The van der Waals surface area contributed by atoms with Crippen molar-refractivity contribution in [2.75, 3.05) is 5.32 Å². The van der Waals surface area contributed by atoms with Crippen LogP contribution in [0, 0.1) is 9.49 Å². The summed E-state index contributed by atoms with van der Waals surface area (Å²) in [7, 11) is 0. The Morgan fingerprint density at radius 2 is 1.70 bits per heavy atom. The van der Waals surface area contributed by atoms with Crippen LogP contribution in [0.5, 0.6) is 0 Å². The fraction of sp³-hybridized carbons (Fsp3) is 0.176. The molecule has 0 aliphatic rings. The van der Waals surface area contributed by atoms with E-state index in [9.17, 15) is 9.59 Å². The fourth-order valence-electron chi connectivity index (χ4n) is 2.15. The summed E-state index contributed by atoms with van der Waals surface area (Å²) >= 11 is 8.02. The van der Waals surface area contributed by atoms with E-state index < -0.39 is 11.9 Å². The van der Waals surface area contributed by atoms with E-state index in [4.69, 9.17) is 16.7 Å². The second-order valence-corrected chi connectivity index (χ2v) is 6.80. The lowest BCUT2D eigenvalue weighted by atomic mass is 9.95. The van der Waals surface area contributed by atoms with Crippen LogP contribution in [0.3, 0.4) is 0 Å². The Kier molecular flexibility index (Phi) is 6.41. The van der Waals surface area contributed by atoms with Crippen LogP contribution >= 0.6 is 34.2 Å². The van der Waals surface area contributed by atoms with Gasteiger partial charge in [0.2, 0.25) is 5.91 Å². The van der Waals surface area contributed by atoms with Crippen molar-refractivity contribution in [1.82, 2.24) is 0 Å². The molecular weight excluding hydrogens is 429 g/mol. The van der Waals surface area contributed by atoms with E-state index in [0.29, 0.717) is 17.1 Å². The van der Waals surface area contributed by atoms with Gasteiger partial charge < -0.3 is 10.4 Å². The van der Waals surface area contributed by atoms with Gasteiger partial charge in [-0.1, -0.05) is 23.7 Å². The number of carboxylic acid groups (broad SMARTS) is 1. The van der Waals surface area contributed by atoms with Crippen LogP contribution in [0.1, 0.15) is 12.0 Å². The third kappa shape index (κ3) is 5.84. The summed E-state index contributed by atoms with van der Waals surface area (Å²) in [5, 5.41) is 12.4. The van der Waals surface area contributed by atoms with Gasteiger partial charge in [0, 0.05) is 14.3 Å². The monoisotopic (exact) mass is 443 g/mol. The van der Waals surface area contributed by atoms with Gasteiger partial charge in [0.05, 0.1) is 12.3 Å². The van der Waals surface area contributed by atoms with E-state index in [0.717, 1.165) is 9.13 Å². The number of aliphatic carboxylic acids is 1. The number of carboxylic acids is 1. The van der Waals surface area contributed by atoms with Crippen molar-refractivity contribution >= 4 is 51.8 Å². The zero-order valence-electron chi connectivity index (χ0n) is 12.1. The quantitative estimate of drug-likeness (QED) is 0.657. The normalized spacial score (nSPS) is 11.7. The molecule has 2 N–H and O–H groups in total. The highest BCUT2D eigenvalue weighted by Gasteiger charge is 2.22. The molecule has 120 valence electrons. The lowest BCUT2D eigenvalue weighted by Crippen LogP contribution is -2.27. The molecule has 1 amide bonds. The Bertz CT molecular complexity index is 686. The average Bonchev–Trinajstić information content (AvgIpc) is 2.50. The number of amides is 1. The molecule has 0 spiro atoms. The van der Waals surface area contributed by atoms with E-state index in [1.54, 1.807) is 36.4 Å². The maximum Gasteiger partial charge on any atom is 0.304 e. The van der Waals surface area contributed by atoms with Gasteiger partial charge in [-0.3, -0.25) is 9.59 Å². The molecule has 1 atom stereocenters. The third-order valence-electron chi connectivity index (χ3n) is 3.30. The summed E-state index contributed by atoms with van der Waals surface area (Å²) in [6.07, 6.45) is 0.124. The molecule has 0 aliphatic carbocycles. The van der Waals surface area contributed by atoms with E-state index >= 15 is 0 Å². The van der Waals surface area contributed by atoms with Crippen molar-refractivity contribution in [1.29, 1.82) is 0 Å². The lowest BCUT2D eigenvalue weighted by molar-refractivity contribution is -0.140. The van der Waals surface area contributed by atoms with E-state index in [1.165, 1.54) is 0 Å². The van der Waals surface area contributed by atoms with Crippen LogP contribution in [-0.2, 0) is 16.0 Å². The Morgan fingerprint density at radius 3 is 2.26 bits per heavy atom. The molecule has 0 heterocycles. The molecule has 2 aromatic rings. The zero-order valence-corrected chi connectivity index (χ0v) is 15.0. The standard InChI is InChI=1S/C17H15ClINO3/c18-13-3-1-11(2-4-13)9-12(10-16(21)22)17(23)20-15-7-5-14(19)6-8-15/h1-8,12H,9-10H2,(H,20,23)(H,21,22). The first kappa shape index (κ1) is 17.7. The fourth-order valence-corrected chi connectivity index (χ4v) is 2.64. The maximum absolute atomic E-state index is 12.4. The summed E-state index contributed by atoms with van der Waals surface area (Å²) in [6, 6.07) is 14.4. The number of hydrogen-bond donors (Lipinski definition) is 2. The highest BCUT2D eigenvalue weighted by atomic mass is 127. The van der Waals surface area contributed by atoms with Crippen LogP contribution in [0.25, 0.3) is 0 Å².